The maximum Gasteiger partial charge on any atom is 0.342 e. The minimum Gasteiger partial charge on any atom is -0.396 e. The third-order valence-corrected chi connectivity index (χ3v) is 12.6. The summed E-state index contributed by atoms with van der Waals surface area (Å²) in [6.07, 6.45) is -11.0. The van der Waals surface area contributed by atoms with E-state index in [2.05, 4.69) is 48.2 Å². The van der Waals surface area contributed by atoms with Crippen molar-refractivity contribution in [1.82, 2.24) is 53.2 Å². The molecule has 3 aliphatic carbocycles. The number of hydrogen-bond donors (Lipinski definition) is 19. The van der Waals surface area contributed by atoms with E-state index < -0.39 is 212 Å². The highest BCUT2D eigenvalue weighted by molar-refractivity contribution is 5.75. The number of ether oxygens (including phenoxy) is 6. The van der Waals surface area contributed by atoms with Crippen molar-refractivity contribution in [3.8, 4) is 0 Å². The minimum atomic E-state index is -1.66. The van der Waals surface area contributed by atoms with Gasteiger partial charge >= 0.3 is 18.1 Å². The molecule has 9 amide bonds. The van der Waals surface area contributed by atoms with Gasteiger partial charge in [0.05, 0.1) is 80.0 Å². The van der Waals surface area contributed by atoms with Crippen LogP contribution in [-0.4, -0.2) is 258 Å². The number of carbonyl (C=O) groups is 6. The van der Waals surface area contributed by atoms with Crippen molar-refractivity contribution < 1.29 is 118 Å². The van der Waals surface area contributed by atoms with E-state index in [1.807, 2.05) is 0 Å². The summed E-state index contributed by atoms with van der Waals surface area (Å²) in [4.78, 5) is 84.1. The number of likely N-dealkylation sites (N-methyl/N-ethyl adjacent to an activating group) is 1. The minimum absolute atomic E-state index is 0.0271. The number of nitrogens with one attached hydrogen (secondary N) is 9. The average Bonchev–Trinajstić information content (AvgIpc) is 3.36. The highest BCUT2D eigenvalue weighted by Gasteiger charge is 2.47. The molecule has 3 aliphatic rings. The van der Waals surface area contributed by atoms with Crippen LogP contribution in [0.2, 0.25) is 0 Å². The molecule has 0 aliphatic heterocycles. The van der Waals surface area contributed by atoms with Gasteiger partial charge in [-0.3, -0.25) is 29.3 Å². The molecule has 34 nitrogen and oxygen atoms in total. The van der Waals surface area contributed by atoms with Crippen LogP contribution in [0.1, 0.15) is 40.0 Å². The van der Waals surface area contributed by atoms with E-state index in [1.165, 1.54) is 27.8 Å². The largest absolute Gasteiger partial charge is 0.396 e. The van der Waals surface area contributed by atoms with Gasteiger partial charge in [-0.15, -0.1) is 0 Å². The summed E-state index contributed by atoms with van der Waals surface area (Å²) >= 11 is 0. The van der Waals surface area contributed by atoms with Gasteiger partial charge in [0.15, 0.2) is 0 Å². The first-order valence-electron chi connectivity index (χ1n) is 23.7. The van der Waals surface area contributed by atoms with Gasteiger partial charge in [-0.05, 0) is 26.3 Å². The number of nitrogens with zero attached hydrogens (tertiary/aromatic N) is 1. The second kappa shape index (κ2) is 32.9. The molecule has 19 N–H and O–H groups in total. The maximum absolute atomic E-state index is 13.0. The first-order chi connectivity index (χ1) is 35.6. The van der Waals surface area contributed by atoms with Crippen LogP contribution in [0.3, 0.4) is 0 Å². The average molecular weight is 1090 g/mol. The fourth-order valence-electron chi connectivity index (χ4n) is 8.42. The van der Waals surface area contributed by atoms with E-state index in [-0.39, 0.29) is 24.3 Å². The summed E-state index contributed by atoms with van der Waals surface area (Å²) < 4.78 is 32.7. The smallest absolute Gasteiger partial charge is 0.342 e. The third-order valence-electron chi connectivity index (χ3n) is 12.6. The number of rotatable bonds is 30. The number of aliphatic hydroxyl groups excluding tert-OH is 9. The summed E-state index contributed by atoms with van der Waals surface area (Å²) in [5, 5.41) is 119. The van der Waals surface area contributed by atoms with Crippen LogP contribution < -0.4 is 48.2 Å². The number of amides is 9. The van der Waals surface area contributed by atoms with Crippen molar-refractivity contribution in [1.29, 1.82) is 0 Å². The maximum atomic E-state index is 13.0. The van der Waals surface area contributed by atoms with Crippen molar-refractivity contribution >= 4 is 35.8 Å². The highest BCUT2D eigenvalue weighted by atomic mass is 16.7. The molecule has 3 saturated carbocycles. The molecule has 434 valence electrons. The summed E-state index contributed by atoms with van der Waals surface area (Å²) in [7, 11) is 1.36. The molecule has 0 saturated heterocycles. The third kappa shape index (κ3) is 20.7. The normalized spacial score (nSPS) is 30.5. The molecule has 75 heavy (non-hydrogen) atoms. The van der Waals surface area contributed by atoms with E-state index in [4.69, 9.17) is 38.1 Å². The molecule has 0 aromatic rings. The molecular weight excluding hydrogens is 1020 g/mol. The van der Waals surface area contributed by atoms with Crippen LogP contribution in [0.5, 0.6) is 0 Å². The zero-order valence-electron chi connectivity index (χ0n) is 41.9. The molecule has 15 unspecified atom stereocenters. The van der Waals surface area contributed by atoms with E-state index in [1.54, 1.807) is 0 Å². The highest BCUT2D eigenvalue weighted by Crippen LogP contribution is 2.30. The summed E-state index contributed by atoms with van der Waals surface area (Å²) in [6.45, 7) is -2.69. The van der Waals surface area contributed by atoms with Crippen LogP contribution in [0.25, 0.3) is 0 Å². The van der Waals surface area contributed by atoms with Gasteiger partial charge in [0.25, 0.3) is 0 Å². The molecule has 3 fully saturated rings. The molecule has 0 heterocycles. The lowest BCUT2D eigenvalue weighted by atomic mass is 9.79. The van der Waals surface area contributed by atoms with Crippen molar-refractivity contribution in [2.24, 2.45) is 17.8 Å². The van der Waals surface area contributed by atoms with Crippen molar-refractivity contribution in [2.45, 2.75) is 119 Å². The molecule has 15 atom stereocenters. The van der Waals surface area contributed by atoms with E-state index >= 15 is 0 Å². The lowest BCUT2D eigenvalue weighted by Gasteiger charge is -2.42. The molecule has 0 aromatic carbocycles. The Morgan fingerprint density at radius 2 is 0.840 bits per heavy atom. The Morgan fingerprint density at radius 3 is 1.13 bits per heavy atom. The monoisotopic (exact) mass is 1090 g/mol. The Kier molecular flexibility index (Phi) is 28.4. The molecule has 0 spiro atoms. The summed E-state index contributed by atoms with van der Waals surface area (Å²) in [6, 6.07) is -6.23. The first-order valence-corrected chi connectivity index (χ1v) is 23.7. The van der Waals surface area contributed by atoms with Gasteiger partial charge in [-0.25, -0.2) is 30.4 Å². The quantitative estimate of drug-likeness (QED) is 0.0137. The predicted octanol–water partition coefficient (Wildman–Crippen LogP) is -8.53. The lowest BCUT2D eigenvalue weighted by molar-refractivity contribution is -0.169. The molecule has 0 bridgehead atoms. The van der Waals surface area contributed by atoms with Crippen LogP contribution >= 0.6 is 0 Å². The number of aliphatic hydroxyl groups is 9. The van der Waals surface area contributed by atoms with Gasteiger partial charge in [0, 0.05) is 58.3 Å². The van der Waals surface area contributed by atoms with E-state index in [0.717, 1.165) is 0 Å². The topological polar surface area (TPSA) is 490 Å². The fourth-order valence-corrected chi connectivity index (χ4v) is 8.42. The first kappa shape index (κ1) is 64.7. The Hall–Kier alpha value is -4.54. The number of hydrogen-bond acceptors (Lipinski definition) is 25. The second-order valence-electron chi connectivity index (χ2n) is 18.0. The fraction of sp³-hybridized carbons (Fsp3) is 0.854. The molecule has 3 rings (SSSR count). The van der Waals surface area contributed by atoms with Gasteiger partial charge in [0.2, 0.25) is 17.7 Å². The Bertz CT molecular complexity index is 1690. The van der Waals surface area contributed by atoms with Gasteiger partial charge < -0.3 is 112 Å². The Morgan fingerprint density at radius 1 is 0.520 bits per heavy atom. The van der Waals surface area contributed by atoms with E-state index in [0.29, 0.717) is 0 Å². The summed E-state index contributed by atoms with van der Waals surface area (Å²) in [5.74, 6) is -3.84. The zero-order chi connectivity index (χ0) is 55.8. The Balaban J connectivity index is 1.54. The SMILES string of the molecule is CNC(CONC(=O)NCOCOC1CC(CO)C(O)C(O)C1NC(C)=O)(CONC(=O)NCOCOC1CC(CO)C(O)C(O)C1NC(C)=O)CN(O)C(=O)NCOCOC1CC(CO)C(O)C(O)C1NC(C)=O. The zero-order valence-corrected chi connectivity index (χ0v) is 41.9. The number of hydroxylamine groups is 4. The van der Waals surface area contributed by atoms with Crippen molar-refractivity contribution in [3.63, 3.8) is 0 Å². The van der Waals surface area contributed by atoms with Gasteiger partial charge in [-0.2, -0.15) is 0 Å². The van der Waals surface area contributed by atoms with Crippen LogP contribution in [0.4, 0.5) is 14.4 Å². The lowest BCUT2D eigenvalue weighted by Crippen LogP contribution is -2.62. The number of carbonyl (C=O) groups excluding carboxylic acids is 6. The number of urea groups is 3. The molecular formula is C41H76N10O24. The van der Waals surface area contributed by atoms with Gasteiger partial charge in [0.1, 0.15) is 58.9 Å². The molecule has 0 aromatic heterocycles. The molecule has 0 radical (unpaired) electrons. The van der Waals surface area contributed by atoms with E-state index in [9.17, 15) is 79.9 Å². The standard InChI is InChI=1S/C41H76N10O24/c1-20(55)46-29-26(5-23(8-52)32(58)35(29)61)71-17-68-14-43-38(64)49-74-12-41(42-4,11-51(67)40(66)45-16-70-19-73-28-7-25(10-54)34(60)37(63)31(28)48-22(3)57)13-75-50-39(65)44-15-69-18-72-27-6-24(9-53)33(59)36(62)30(27)47-21(2)56/h23-37,42,52-54,58-63,67H,5-19H2,1-4H3,(H,45,66)(H,46,55)(H,47,56)(H,48,57)(H2,43,49,64)(H2,44,50,65). The summed E-state index contributed by atoms with van der Waals surface area (Å²) in [5.41, 5.74) is 2.46. The van der Waals surface area contributed by atoms with Crippen molar-refractivity contribution in [3.05, 3.63) is 0 Å². The second-order valence-corrected chi connectivity index (χ2v) is 18.0. The van der Waals surface area contributed by atoms with Gasteiger partial charge in [-0.1, -0.05) is 0 Å². The van der Waals surface area contributed by atoms with Crippen LogP contribution in [-0.2, 0) is 52.5 Å². The predicted molar refractivity (Wildman–Crippen MR) is 246 cm³/mol. The van der Waals surface area contributed by atoms with Crippen LogP contribution in [0, 0.1) is 17.8 Å². The Labute approximate surface area is 430 Å². The van der Waals surface area contributed by atoms with Crippen LogP contribution in [0.15, 0.2) is 0 Å². The van der Waals surface area contributed by atoms with Crippen molar-refractivity contribution in [2.75, 3.05) is 87.2 Å². The molecule has 34 heteroatoms.